The summed E-state index contributed by atoms with van der Waals surface area (Å²) in [5.41, 5.74) is -1.77. The van der Waals surface area contributed by atoms with Gasteiger partial charge in [-0.25, -0.2) is 4.79 Å². The highest BCUT2D eigenvalue weighted by Crippen LogP contribution is 2.52. The molecule has 258 valence electrons. The number of rotatable bonds is 10. The Balaban J connectivity index is 1.56. The number of phenolic OH excluding ortho intramolecular Hbond substituents is 2. The summed E-state index contributed by atoms with van der Waals surface area (Å²) in [6, 6.07) is 2.18. The van der Waals surface area contributed by atoms with Crippen LogP contribution in [0.3, 0.4) is 0 Å². The molecule has 1 fully saturated rings. The van der Waals surface area contributed by atoms with Gasteiger partial charge in [-0.1, -0.05) is 12.1 Å². The van der Waals surface area contributed by atoms with Crippen molar-refractivity contribution in [2.45, 2.75) is 62.4 Å². The lowest BCUT2D eigenvalue weighted by Gasteiger charge is -2.43. The number of phenols is 2. The average Bonchev–Trinajstić information content (AvgIpc) is 3.07. The van der Waals surface area contributed by atoms with Crippen LogP contribution in [0.15, 0.2) is 23.5 Å². The summed E-state index contributed by atoms with van der Waals surface area (Å²) >= 11 is 5.57. The molecule has 7 N–H and O–H groups in total. The van der Waals surface area contributed by atoms with Gasteiger partial charge in [-0.05, 0) is 13.0 Å². The number of fused-ring (bicyclic) bond motifs is 3. The van der Waals surface area contributed by atoms with E-state index in [2.05, 4.69) is 16.0 Å². The predicted octanol–water partition coefficient (Wildman–Crippen LogP) is 0.479. The highest BCUT2D eigenvalue weighted by molar-refractivity contribution is 6.31. The molecule has 0 saturated carbocycles. The van der Waals surface area contributed by atoms with E-state index in [-0.39, 0.29) is 46.8 Å². The number of nitrogens with one attached hydrogen (secondary N) is 2. The second-order valence-electron chi connectivity index (χ2n) is 11.5. The number of methoxy groups -OCH3 is 1. The predicted molar refractivity (Wildman–Crippen MR) is 162 cm³/mol. The number of Topliss-reactive ketones (excluding diaryl/α,β-unsaturated/α-hetero) is 1. The fourth-order valence-electron chi connectivity index (χ4n) is 6.35. The molecule has 4 unspecified atom stereocenters. The molecule has 0 bridgehead atoms. The molecule has 3 aliphatic rings. The maximum Gasteiger partial charge on any atom is 0.355 e. The minimum absolute atomic E-state index is 0.00955. The Morgan fingerprint density at radius 3 is 2.52 bits per heavy atom. The number of carbonyl (C=O) groups is 4. The molecule has 1 aliphatic heterocycles. The summed E-state index contributed by atoms with van der Waals surface area (Å²) in [5.74, 6) is -4.19. The molecule has 17 nitrogen and oxygen atoms in total. The van der Waals surface area contributed by atoms with E-state index in [0.717, 1.165) is 0 Å². The Bertz CT molecular complexity index is 1670. The van der Waals surface area contributed by atoms with Crippen LogP contribution in [0.2, 0.25) is 0 Å². The highest BCUT2D eigenvalue weighted by Gasteiger charge is 2.50. The number of carbonyl (C=O) groups excluding carboxylic acids is 4. The Hall–Kier alpha value is -4.23. The number of benzene rings is 2. The number of hydrazine groups is 1. The molecule has 6 atom stereocenters. The topological polar surface area (TPSA) is 254 Å². The highest BCUT2D eigenvalue weighted by atomic mass is 35.5. The largest absolute Gasteiger partial charge is 0.507 e. The van der Waals surface area contributed by atoms with Crippen LogP contribution in [-0.2, 0) is 20.7 Å². The van der Waals surface area contributed by atoms with Crippen molar-refractivity contribution in [3.8, 4) is 17.2 Å². The Kier molecular flexibility index (Phi) is 10.0. The number of urea groups is 1. The van der Waals surface area contributed by atoms with Gasteiger partial charge in [0.25, 0.3) is 0 Å². The molecule has 2 aromatic carbocycles. The minimum Gasteiger partial charge on any atom is -0.507 e. The van der Waals surface area contributed by atoms with Crippen LogP contribution in [0.5, 0.6) is 17.2 Å². The van der Waals surface area contributed by atoms with E-state index >= 15 is 0 Å². The zero-order valence-corrected chi connectivity index (χ0v) is 26.4. The first kappa shape index (κ1) is 35.1. The molecule has 1 saturated heterocycles. The van der Waals surface area contributed by atoms with Crippen molar-refractivity contribution in [1.29, 1.82) is 0 Å². The van der Waals surface area contributed by atoms with Crippen molar-refractivity contribution in [2.24, 2.45) is 5.29 Å². The van der Waals surface area contributed by atoms with Gasteiger partial charge in [-0.15, -0.1) is 21.6 Å². The lowest BCUT2D eigenvalue weighted by atomic mass is 9.72. The smallest absolute Gasteiger partial charge is 0.355 e. The van der Waals surface area contributed by atoms with Gasteiger partial charge in [0.2, 0.25) is 5.78 Å². The van der Waals surface area contributed by atoms with E-state index in [4.69, 9.17) is 25.8 Å². The number of hydrogen-bond acceptors (Lipinski definition) is 15. The van der Waals surface area contributed by atoms with Gasteiger partial charge in [0.1, 0.15) is 29.5 Å². The van der Waals surface area contributed by atoms with Crippen molar-refractivity contribution in [3.63, 3.8) is 0 Å². The third-order valence-corrected chi connectivity index (χ3v) is 8.88. The molecule has 18 heteroatoms. The van der Waals surface area contributed by atoms with Gasteiger partial charge in [0.15, 0.2) is 17.9 Å². The van der Waals surface area contributed by atoms with Gasteiger partial charge in [0.05, 0.1) is 53.4 Å². The van der Waals surface area contributed by atoms with Gasteiger partial charge in [-0.2, -0.15) is 5.43 Å². The first-order chi connectivity index (χ1) is 22.8. The van der Waals surface area contributed by atoms with E-state index in [0.29, 0.717) is 5.12 Å². The van der Waals surface area contributed by atoms with Crippen LogP contribution in [0.4, 0.5) is 4.79 Å². The van der Waals surface area contributed by atoms with Crippen LogP contribution in [0.25, 0.3) is 0 Å². The van der Waals surface area contributed by atoms with Crippen molar-refractivity contribution in [2.75, 3.05) is 26.1 Å². The second kappa shape index (κ2) is 13.7. The molecule has 0 radical (unpaired) electrons. The second-order valence-corrected chi connectivity index (χ2v) is 11.9. The standard InChI is InChI=1S/C30H33ClN4O13/c1-12-24(38)15(33-35(34-45)29(43)32-7-6-31)8-19(47-12)48-17-10-30(44,18(37)11-36)9-14-21(17)28(42)23-22(26(14)40)25(39)13-4-3-5-16(46-2)20(13)27(23)41/h3-5,12,15,17,19,24,33,36,38,40,42,44H,6-11H2,1-2H3,(H,32,43)/t12?,15?,17-,19?,24?,30-/m0/s1. The van der Waals surface area contributed by atoms with Crippen molar-refractivity contribution >= 4 is 35.0 Å². The third kappa shape index (κ3) is 5.98. The van der Waals surface area contributed by atoms with Crippen molar-refractivity contribution in [1.82, 2.24) is 15.9 Å². The number of alkyl halides is 1. The Morgan fingerprint density at radius 2 is 1.88 bits per heavy atom. The van der Waals surface area contributed by atoms with Gasteiger partial charge >= 0.3 is 6.03 Å². The Labute approximate surface area is 277 Å². The summed E-state index contributed by atoms with van der Waals surface area (Å²) in [6.07, 6.45) is -6.72. The number of amides is 2. The lowest BCUT2D eigenvalue weighted by molar-refractivity contribution is -0.252. The molecule has 2 amide bonds. The number of ketones is 3. The molecule has 2 aromatic rings. The van der Waals surface area contributed by atoms with Crippen LogP contribution < -0.4 is 15.5 Å². The fourth-order valence-corrected chi connectivity index (χ4v) is 6.44. The van der Waals surface area contributed by atoms with Crippen molar-refractivity contribution < 1.29 is 58.9 Å². The number of aliphatic hydroxyl groups is 3. The molecule has 1 heterocycles. The van der Waals surface area contributed by atoms with Gasteiger partial charge < -0.3 is 45.1 Å². The molecular formula is C30H33ClN4O13. The van der Waals surface area contributed by atoms with E-state index in [1.807, 2.05) is 0 Å². The summed E-state index contributed by atoms with van der Waals surface area (Å²) in [7, 11) is 1.29. The summed E-state index contributed by atoms with van der Waals surface area (Å²) in [4.78, 5) is 64.0. The van der Waals surface area contributed by atoms with Crippen molar-refractivity contribution in [3.05, 3.63) is 56.5 Å². The molecule has 48 heavy (non-hydrogen) atoms. The van der Waals surface area contributed by atoms with Crippen LogP contribution in [0, 0.1) is 4.91 Å². The lowest BCUT2D eigenvalue weighted by Crippen LogP contribution is -2.59. The molecule has 0 spiro atoms. The molecule has 5 rings (SSSR count). The third-order valence-electron chi connectivity index (χ3n) is 8.69. The first-order valence-electron chi connectivity index (χ1n) is 14.8. The summed E-state index contributed by atoms with van der Waals surface area (Å²) in [5, 5.41) is 60.3. The summed E-state index contributed by atoms with van der Waals surface area (Å²) < 4.78 is 17.2. The molecule has 0 aromatic heterocycles. The van der Waals surface area contributed by atoms with E-state index < -0.39 is 102 Å². The zero-order valence-electron chi connectivity index (χ0n) is 25.6. The Morgan fingerprint density at radius 1 is 1.17 bits per heavy atom. The average molecular weight is 693 g/mol. The molecule has 2 aliphatic carbocycles. The number of aromatic hydroxyl groups is 2. The minimum atomic E-state index is -2.37. The first-order valence-corrected chi connectivity index (χ1v) is 15.3. The SMILES string of the molecule is COc1cccc2c1C(=O)c1c(O)c3c(c(O)c1C2=O)C[C@@](O)(C(=O)CO)C[C@@H]3OC1CC(NN(N=O)C(=O)NCCCl)C(O)C(C)O1. The fraction of sp³-hybridized carbons (Fsp3) is 0.467. The van der Waals surface area contributed by atoms with E-state index in [9.17, 15) is 49.6 Å². The maximum atomic E-state index is 13.8. The van der Waals surface area contributed by atoms with Gasteiger partial charge in [0, 0.05) is 48.4 Å². The number of halogens is 1. The maximum absolute atomic E-state index is 13.8. The number of aliphatic hydroxyl groups excluding tert-OH is 2. The van der Waals surface area contributed by atoms with Crippen LogP contribution in [-0.4, -0.2) is 110 Å². The zero-order chi connectivity index (χ0) is 35.1. The van der Waals surface area contributed by atoms with Crippen LogP contribution >= 0.6 is 11.6 Å². The quantitative estimate of drug-likeness (QED) is 0.0660. The van der Waals surface area contributed by atoms with Crippen LogP contribution in [0.1, 0.15) is 68.8 Å². The number of ether oxygens (including phenoxy) is 3. The van der Waals surface area contributed by atoms with E-state index in [1.165, 1.54) is 32.2 Å². The summed E-state index contributed by atoms with van der Waals surface area (Å²) in [6.45, 7) is 0.363. The normalized spacial score (nSPS) is 26.2. The van der Waals surface area contributed by atoms with Gasteiger partial charge in [-0.3, -0.25) is 14.4 Å². The number of nitrogens with zero attached hydrogens (tertiary/aromatic N) is 2. The molecular weight excluding hydrogens is 660 g/mol. The number of nitroso groups, excluding NO2 is 1. The van der Waals surface area contributed by atoms with E-state index in [1.54, 1.807) is 0 Å². The monoisotopic (exact) mass is 692 g/mol. The number of hydrogen-bond donors (Lipinski definition) is 7.